The number of aliphatic hydroxyl groups is 1. The van der Waals surface area contributed by atoms with Gasteiger partial charge in [0.1, 0.15) is 0 Å². The number of carbonyl (C=O) groups excluding carboxylic acids is 1. The first-order valence-electron chi connectivity index (χ1n) is 6.62. The van der Waals surface area contributed by atoms with Gasteiger partial charge >= 0.3 is 0 Å². The lowest BCUT2D eigenvalue weighted by atomic mass is 9.92. The van der Waals surface area contributed by atoms with Crippen molar-refractivity contribution in [2.45, 2.75) is 18.9 Å². The summed E-state index contributed by atoms with van der Waals surface area (Å²) < 4.78 is 0. The first-order chi connectivity index (χ1) is 10.3. The summed E-state index contributed by atoms with van der Waals surface area (Å²) in [6.07, 6.45) is -0.101. The van der Waals surface area contributed by atoms with Gasteiger partial charge in [0, 0.05) is 5.69 Å². The lowest BCUT2D eigenvalue weighted by Gasteiger charge is -2.23. The Balaban J connectivity index is 2.10. The second-order valence-corrected chi connectivity index (χ2v) is 6.03. The van der Waals surface area contributed by atoms with Gasteiger partial charge in [0.05, 0.1) is 27.8 Å². The zero-order valence-corrected chi connectivity index (χ0v) is 13.4. The standard InChI is InChI=1S/C16H16Cl2N2O2/c1-16(22,10-5-3-2-4-6-10)9-14(21)20-11-7-12(17)15(19)13(18)8-11/h2-8,22H,9,19H2,1H3,(H,20,21). The van der Waals surface area contributed by atoms with Crippen LogP contribution < -0.4 is 11.1 Å². The highest BCUT2D eigenvalue weighted by atomic mass is 35.5. The molecule has 0 aliphatic rings. The highest BCUT2D eigenvalue weighted by Crippen LogP contribution is 2.31. The van der Waals surface area contributed by atoms with Crippen molar-refractivity contribution in [3.63, 3.8) is 0 Å². The number of amides is 1. The molecular weight excluding hydrogens is 323 g/mol. The number of anilines is 2. The number of nitrogen functional groups attached to an aromatic ring is 1. The van der Waals surface area contributed by atoms with Crippen LogP contribution in [0.3, 0.4) is 0 Å². The monoisotopic (exact) mass is 338 g/mol. The first kappa shape index (κ1) is 16.6. The molecule has 4 N–H and O–H groups in total. The molecule has 1 unspecified atom stereocenters. The van der Waals surface area contributed by atoms with Crippen molar-refractivity contribution in [2.24, 2.45) is 0 Å². The van der Waals surface area contributed by atoms with Crippen LogP contribution in [0.2, 0.25) is 10.0 Å². The summed E-state index contributed by atoms with van der Waals surface area (Å²) in [5.41, 5.74) is 5.73. The molecule has 2 rings (SSSR count). The molecule has 0 saturated carbocycles. The zero-order valence-electron chi connectivity index (χ0n) is 11.9. The van der Waals surface area contributed by atoms with E-state index in [0.29, 0.717) is 11.3 Å². The highest BCUT2D eigenvalue weighted by Gasteiger charge is 2.26. The Labute approximate surface area is 138 Å². The third-order valence-corrected chi connectivity index (χ3v) is 3.89. The Bertz CT molecular complexity index is 665. The van der Waals surface area contributed by atoms with E-state index in [4.69, 9.17) is 28.9 Å². The second kappa shape index (κ2) is 6.57. The Morgan fingerprint density at radius 2 is 1.77 bits per heavy atom. The summed E-state index contributed by atoms with van der Waals surface area (Å²) >= 11 is 11.8. The molecule has 0 aromatic heterocycles. The van der Waals surface area contributed by atoms with E-state index in [1.165, 1.54) is 12.1 Å². The molecule has 0 aliphatic heterocycles. The number of hydrogen-bond acceptors (Lipinski definition) is 3. The number of halogens is 2. The van der Waals surface area contributed by atoms with Crippen LogP contribution in [0.4, 0.5) is 11.4 Å². The molecule has 116 valence electrons. The zero-order chi connectivity index (χ0) is 16.3. The lowest BCUT2D eigenvalue weighted by molar-refractivity contribution is -0.120. The van der Waals surface area contributed by atoms with E-state index in [0.717, 1.165) is 0 Å². The fraction of sp³-hybridized carbons (Fsp3) is 0.188. The maximum Gasteiger partial charge on any atom is 0.227 e. The van der Waals surface area contributed by atoms with Gasteiger partial charge in [-0.2, -0.15) is 0 Å². The van der Waals surface area contributed by atoms with Crippen LogP contribution in [-0.4, -0.2) is 11.0 Å². The summed E-state index contributed by atoms with van der Waals surface area (Å²) in [6, 6.07) is 12.0. The summed E-state index contributed by atoms with van der Waals surface area (Å²) in [4.78, 5) is 12.1. The molecule has 0 bridgehead atoms. The topological polar surface area (TPSA) is 75.3 Å². The molecule has 0 saturated heterocycles. The van der Waals surface area contributed by atoms with Crippen molar-refractivity contribution in [1.29, 1.82) is 0 Å². The van der Waals surface area contributed by atoms with Gasteiger partial charge in [-0.15, -0.1) is 0 Å². The van der Waals surface area contributed by atoms with Crippen molar-refractivity contribution in [3.05, 3.63) is 58.1 Å². The van der Waals surface area contributed by atoms with Gasteiger partial charge < -0.3 is 16.2 Å². The SMILES string of the molecule is CC(O)(CC(=O)Nc1cc(Cl)c(N)c(Cl)c1)c1ccccc1. The maximum absolute atomic E-state index is 12.1. The van der Waals surface area contributed by atoms with Gasteiger partial charge in [-0.05, 0) is 24.6 Å². The van der Waals surface area contributed by atoms with Gasteiger partial charge in [-0.3, -0.25) is 4.79 Å². The van der Waals surface area contributed by atoms with Crippen molar-refractivity contribution in [1.82, 2.24) is 0 Å². The number of hydrogen-bond donors (Lipinski definition) is 3. The predicted molar refractivity (Wildman–Crippen MR) is 90.1 cm³/mol. The molecule has 0 fully saturated rings. The average Bonchev–Trinajstić information content (AvgIpc) is 2.45. The van der Waals surface area contributed by atoms with Crippen molar-refractivity contribution in [3.8, 4) is 0 Å². The molecule has 0 aliphatic carbocycles. The summed E-state index contributed by atoms with van der Waals surface area (Å²) in [7, 11) is 0. The van der Waals surface area contributed by atoms with Crippen molar-refractivity contribution >= 4 is 40.5 Å². The molecule has 0 radical (unpaired) electrons. The van der Waals surface area contributed by atoms with Gasteiger partial charge in [-0.1, -0.05) is 53.5 Å². The van der Waals surface area contributed by atoms with Gasteiger partial charge in [0.2, 0.25) is 5.91 Å². The van der Waals surface area contributed by atoms with Crippen LogP contribution in [-0.2, 0) is 10.4 Å². The minimum absolute atomic E-state index is 0.101. The average molecular weight is 339 g/mol. The number of rotatable bonds is 4. The molecule has 22 heavy (non-hydrogen) atoms. The van der Waals surface area contributed by atoms with E-state index in [-0.39, 0.29) is 28.1 Å². The second-order valence-electron chi connectivity index (χ2n) is 5.22. The third-order valence-electron chi connectivity index (χ3n) is 3.26. The summed E-state index contributed by atoms with van der Waals surface area (Å²) in [6.45, 7) is 1.59. The van der Waals surface area contributed by atoms with Crippen molar-refractivity contribution in [2.75, 3.05) is 11.1 Å². The number of nitrogens with one attached hydrogen (secondary N) is 1. The van der Waals surface area contributed by atoms with Gasteiger partial charge in [-0.25, -0.2) is 0 Å². The number of nitrogens with two attached hydrogens (primary N) is 1. The molecule has 6 heteroatoms. The smallest absolute Gasteiger partial charge is 0.227 e. The van der Waals surface area contributed by atoms with Crippen LogP contribution in [0.5, 0.6) is 0 Å². The van der Waals surface area contributed by atoms with Gasteiger partial charge in [0.15, 0.2) is 0 Å². The molecular formula is C16H16Cl2N2O2. The van der Waals surface area contributed by atoms with E-state index in [1.54, 1.807) is 31.2 Å². The van der Waals surface area contributed by atoms with E-state index < -0.39 is 5.60 Å². The minimum atomic E-state index is -1.27. The third kappa shape index (κ3) is 3.91. The maximum atomic E-state index is 12.1. The Morgan fingerprint density at radius 3 is 2.32 bits per heavy atom. The molecule has 2 aromatic carbocycles. The fourth-order valence-electron chi connectivity index (χ4n) is 2.07. The Hall–Kier alpha value is -1.75. The molecule has 4 nitrogen and oxygen atoms in total. The van der Waals surface area contributed by atoms with Crippen LogP contribution >= 0.6 is 23.2 Å². The lowest BCUT2D eigenvalue weighted by Crippen LogP contribution is -2.28. The van der Waals surface area contributed by atoms with Crippen LogP contribution in [0.25, 0.3) is 0 Å². The minimum Gasteiger partial charge on any atom is -0.396 e. The van der Waals surface area contributed by atoms with Crippen LogP contribution in [0, 0.1) is 0 Å². The van der Waals surface area contributed by atoms with Gasteiger partial charge in [0.25, 0.3) is 0 Å². The van der Waals surface area contributed by atoms with E-state index >= 15 is 0 Å². The molecule has 2 aromatic rings. The number of carbonyl (C=O) groups is 1. The van der Waals surface area contributed by atoms with E-state index in [2.05, 4.69) is 5.32 Å². The largest absolute Gasteiger partial charge is 0.396 e. The summed E-state index contributed by atoms with van der Waals surface area (Å²) in [5.74, 6) is -0.356. The molecule has 0 spiro atoms. The van der Waals surface area contributed by atoms with Crippen LogP contribution in [0.1, 0.15) is 18.9 Å². The highest BCUT2D eigenvalue weighted by molar-refractivity contribution is 6.39. The normalized spacial score (nSPS) is 13.5. The van der Waals surface area contributed by atoms with Crippen LogP contribution in [0.15, 0.2) is 42.5 Å². The summed E-state index contributed by atoms with van der Waals surface area (Å²) in [5, 5.41) is 13.6. The number of benzene rings is 2. The predicted octanol–water partition coefficient (Wildman–Crippen LogP) is 3.81. The first-order valence-corrected chi connectivity index (χ1v) is 7.37. The fourth-order valence-corrected chi connectivity index (χ4v) is 2.56. The Morgan fingerprint density at radius 1 is 1.23 bits per heavy atom. The van der Waals surface area contributed by atoms with E-state index in [9.17, 15) is 9.90 Å². The van der Waals surface area contributed by atoms with E-state index in [1.807, 2.05) is 6.07 Å². The molecule has 1 atom stereocenters. The molecule has 0 heterocycles. The van der Waals surface area contributed by atoms with Crippen molar-refractivity contribution < 1.29 is 9.90 Å². The quantitative estimate of drug-likeness (QED) is 0.742. The molecule has 1 amide bonds. The Kier molecular flexibility index (Phi) is 4.96.